The number of rotatable bonds is 2. The molecule has 0 amide bonds. The molecular weight excluding hydrogens is 383 g/mol. The Labute approximate surface area is 126 Å². The fourth-order valence-corrected chi connectivity index (χ4v) is 2.48. The van der Waals surface area contributed by atoms with E-state index >= 15 is 0 Å². The van der Waals surface area contributed by atoms with Crippen LogP contribution in [0.4, 0.5) is 17.5 Å². The summed E-state index contributed by atoms with van der Waals surface area (Å²) in [5.74, 6) is 0.788. The van der Waals surface area contributed by atoms with Gasteiger partial charge in [-0.1, -0.05) is 11.6 Å². The van der Waals surface area contributed by atoms with E-state index < -0.39 is 0 Å². The van der Waals surface area contributed by atoms with Gasteiger partial charge in [0.2, 0.25) is 5.95 Å². The molecule has 0 aliphatic heterocycles. The van der Waals surface area contributed by atoms with E-state index in [1.54, 1.807) is 12.1 Å². The van der Waals surface area contributed by atoms with E-state index in [-0.39, 0.29) is 0 Å². The first-order valence-electron chi connectivity index (χ1n) is 4.98. The summed E-state index contributed by atoms with van der Waals surface area (Å²) in [6.07, 6.45) is 0. The van der Waals surface area contributed by atoms with Crippen LogP contribution in [0.1, 0.15) is 5.56 Å². The van der Waals surface area contributed by atoms with Gasteiger partial charge in [0.15, 0.2) is 0 Å². The molecule has 7 heteroatoms. The molecule has 0 aliphatic carbocycles. The van der Waals surface area contributed by atoms with Crippen LogP contribution in [0, 0.1) is 6.92 Å². The van der Waals surface area contributed by atoms with Crippen molar-refractivity contribution in [2.75, 3.05) is 11.1 Å². The quantitative estimate of drug-likeness (QED) is 0.749. The maximum Gasteiger partial charge on any atom is 0.230 e. The third-order valence-corrected chi connectivity index (χ3v) is 3.68. The van der Waals surface area contributed by atoms with Crippen molar-refractivity contribution >= 4 is 60.9 Å². The molecular formula is C11H9Br2ClN4. The molecule has 18 heavy (non-hydrogen) atoms. The van der Waals surface area contributed by atoms with Crippen LogP contribution < -0.4 is 11.1 Å². The molecule has 1 aromatic carbocycles. The van der Waals surface area contributed by atoms with Gasteiger partial charge < -0.3 is 11.1 Å². The van der Waals surface area contributed by atoms with Crippen molar-refractivity contribution in [2.45, 2.75) is 6.92 Å². The molecule has 0 spiro atoms. The molecule has 3 N–H and O–H groups in total. The summed E-state index contributed by atoms with van der Waals surface area (Å²) in [6, 6.07) is 5.36. The van der Waals surface area contributed by atoms with Crippen molar-refractivity contribution in [1.82, 2.24) is 9.97 Å². The molecule has 0 saturated heterocycles. The topological polar surface area (TPSA) is 63.8 Å². The number of benzene rings is 1. The number of nitrogen functional groups attached to an aromatic ring is 1. The molecule has 94 valence electrons. The van der Waals surface area contributed by atoms with Crippen molar-refractivity contribution in [1.29, 1.82) is 0 Å². The van der Waals surface area contributed by atoms with Gasteiger partial charge in [0, 0.05) is 15.6 Å². The highest BCUT2D eigenvalue weighted by atomic mass is 79.9. The zero-order valence-electron chi connectivity index (χ0n) is 9.34. The second kappa shape index (κ2) is 5.42. The number of anilines is 3. The summed E-state index contributed by atoms with van der Waals surface area (Å²) in [5, 5.41) is 3.73. The first-order valence-corrected chi connectivity index (χ1v) is 6.95. The molecule has 0 atom stereocenters. The average molecular weight is 392 g/mol. The number of nitrogens with one attached hydrogen (secondary N) is 1. The van der Waals surface area contributed by atoms with Crippen molar-refractivity contribution in [3.8, 4) is 0 Å². The highest BCUT2D eigenvalue weighted by Gasteiger charge is 2.07. The first kappa shape index (κ1) is 13.6. The smallest absolute Gasteiger partial charge is 0.230 e. The van der Waals surface area contributed by atoms with Gasteiger partial charge in [0.25, 0.3) is 0 Å². The molecule has 0 unspecified atom stereocenters. The van der Waals surface area contributed by atoms with Gasteiger partial charge in [-0.05, 0) is 56.5 Å². The molecule has 1 heterocycles. The Kier molecular flexibility index (Phi) is 4.09. The number of halogens is 3. The van der Waals surface area contributed by atoms with Crippen LogP contribution in [0.15, 0.2) is 27.3 Å². The molecule has 0 fully saturated rings. The standard InChI is InChI=1S/C11H9Br2ClN4/c1-5-2-6(12)8(3-7(5)14)16-11-17-9(13)4-10(15)18-11/h2-4H,1H3,(H3,15,16,17,18). The first-order chi connectivity index (χ1) is 8.45. The molecule has 0 bridgehead atoms. The van der Waals surface area contributed by atoms with Gasteiger partial charge in [-0.15, -0.1) is 0 Å². The Morgan fingerprint density at radius 3 is 2.61 bits per heavy atom. The summed E-state index contributed by atoms with van der Waals surface area (Å²) >= 11 is 12.8. The number of nitrogens with zero attached hydrogens (tertiary/aromatic N) is 2. The van der Waals surface area contributed by atoms with E-state index in [2.05, 4.69) is 47.1 Å². The van der Waals surface area contributed by atoms with Crippen LogP contribution in [-0.2, 0) is 0 Å². The molecule has 2 aromatic rings. The maximum absolute atomic E-state index is 6.08. The minimum atomic E-state index is 0.383. The van der Waals surface area contributed by atoms with E-state index in [9.17, 15) is 0 Å². The molecule has 2 rings (SSSR count). The number of aromatic nitrogens is 2. The van der Waals surface area contributed by atoms with Gasteiger partial charge in [0.1, 0.15) is 10.4 Å². The summed E-state index contributed by atoms with van der Waals surface area (Å²) in [7, 11) is 0. The van der Waals surface area contributed by atoms with E-state index in [1.807, 2.05) is 13.0 Å². The van der Waals surface area contributed by atoms with Crippen molar-refractivity contribution in [2.24, 2.45) is 0 Å². The van der Waals surface area contributed by atoms with Crippen LogP contribution in [0.25, 0.3) is 0 Å². The molecule has 0 saturated carbocycles. The summed E-state index contributed by atoms with van der Waals surface area (Å²) in [6.45, 7) is 1.93. The lowest BCUT2D eigenvalue weighted by Crippen LogP contribution is -2.01. The highest BCUT2D eigenvalue weighted by molar-refractivity contribution is 9.10. The lowest BCUT2D eigenvalue weighted by molar-refractivity contribution is 1.15. The zero-order valence-corrected chi connectivity index (χ0v) is 13.3. The lowest BCUT2D eigenvalue weighted by atomic mass is 10.2. The summed E-state index contributed by atoms with van der Waals surface area (Å²) in [4.78, 5) is 8.26. The maximum atomic E-state index is 6.08. The Bertz CT molecular complexity index is 584. The van der Waals surface area contributed by atoms with E-state index in [1.165, 1.54) is 0 Å². The largest absolute Gasteiger partial charge is 0.383 e. The Morgan fingerprint density at radius 2 is 1.94 bits per heavy atom. The predicted octanol–water partition coefficient (Wildman–Crippen LogP) is 4.29. The molecule has 4 nitrogen and oxygen atoms in total. The SMILES string of the molecule is Cc1cc(Br)c(Nc2nc(N)cc(Br)n2)cc1Cl. The van der Waals surface area contributed by atoms with Gasteiger partial charge >= 0.3 is 0 Å². The zero-order chi connectivity index (χ0) is 13.3. The van der Waals surface area contributed by atoms with E-state index in [4.69, 9.17) is 17.3 Å². The van der Waals surface area contributed by atoms with Crippen molar-refractivity contribution in [3.63, 3.8) is 0 Å². The van der Waals surface area contributed by atoms with Gasteiger partial charge in [-0.3, -0.25) is 0 Å². The molecule has 0 aliphatic rings. The normalized spacial score (nSPS) is 10.4. The van der Waals surface area contributed by atoms with Gasteiger partial charge in [0.05, 0.1) is 5.69 Å². The lowest BCUT2D eigenvalue weighted by Gasteiger charge is -2.09. The molecule has 1 aromatic heterocycles. The fourth-order valence-electron chi connectivity index (χ4n) is 1.35. The second-order valence-electron chi connectivity index (χ2n) is 3.65. The third-order valence-electron chi connectivity index (χ3n) is 2.21. The fraction of sp³-hybridized carbons (Fsp3) is 0.0909. The minimum Gasteiger partial charge on any atom is -0.383 e. The Balaban J connectivity index is 2.36. The Hall–Kier alpha value is -0.850. The summed E-state index contributed by atoms with van der Waals surface area (Å²) < 4.78 is 1.50. The highest BCUT2D eigenvalue weighted by Crippen LogP contribution is 2.30. The van der Waals surface area contributed by atoms with Crippen LogP contribution in [0.2, 0.25) is 5.02 Å². The monoisotopic (exact) mass is 390 g/mol. The van der Waals surface area contributed by atoms with E-state index in [0.29, 0.717) is 21.4 Å². The van der Waals surface area contributed by atoms with Crippen LogP contribution in [-0.4, -0.2) is 9.97 Å². The average Bonchev–Trinajstić information content (AvgIpc) is 2.24. The number of hydrogen-bond donors (Lipinski definition) is 2. The van der Waals surface area contributed by atoms with Crippen LogP contribution in [0.3, 0.4) is 0 Å². The minimum absolute atomic E-state index is 0.383. The van der Waals surface area contributed by atoms with Crippen LogP contribution >= 0.6 is 43.5 Å². The number of aryl methyl sites for hydroxylation is 1. The number of hydrogen-bond acceptors (Lipinski definition) is 4. The number of nitrogens with two attached hydrogens (primary N) is 1. The predicted molar refractivity (Wildman–Crippen MR) is 81.3 cm³/mol. The molecule has 0 radical (unpaired) electrons. The third kappa shape index (κ3) is 3.13. The van der Waals surface area contributed by atoms with E-state index in [0.717, 1.165) is 15.7 Å². The van der Waals surface area contributed by atoms with Crippen LogP contribution in [0.5, 0.6) is 0 Å². The van der Waals surface area contributed by atoms with Gasteiger partial charge in [-0.25, -0.2) is 4.98 Å². The van der Waals surface area contributed by atoms with Crippen molar-refractivity contribution in [3.05, 3.63) is 37.9 Å². The van der Waals surface area contributed by atoms with Crippen molar-refractivity contribution < 1.29 is 0 Å². The van der Waals surface area contributed by atoms with Gasteiger partial charge in [-0.2, -0.15) is 4.98 Å². The Morgan fingerprint density at radius 1 is 1.22 bits per heavy atom. The summed E-state index contributed by atoms with van der Waals surface area (Å²) in [5.41, 5.74) is 7.42. The second-order valence-corrected chi connectivity index (χ2v) is 5.72.